The molecule has 1 aromatic heterocycles. The smallest absolute Gasteiger partial charge is 0.130 e. The molecule has 96 valence electrons. The molecule has 0 aliphatic rings. The summed E-state index contributed by atoms with van der Waals surface area (Å²) in [6.07, 6.45) is 3.56. The first-order chi connectivity index (χ1) is 8.00. The van der Waals surface area contributed by atoms with Crippen molar-refractivity contribution in [3.63, 3.8) is 0 Å². The molecule has 17 heavy (non-hydrogen) atoms. The van der Waals surface area contributed by atoms with E-state index in [4.69, 9.17) is 11.6 Å². The molecule has 0 aliphatic carbocycles. The molecule has 1 heterocycles. The Balaban J connectivity index is 2.82. The second-order valence-corrected chi connectivity index (χ2v) is 5.34. The first-order valence-electron chi connectivity index (χ1n) is 6.17. The van der Waals surface area contributed by atoms with Crippen LogP contribution in [-0.4, -0.2) is 21.4 Å². The maximum atomic E-state index is 5.84. The van der Waals surface area contributed by atoms with Crippen LogP contribution in [0.3, 0.4) is 0 Å². The van der Waals surface area contributed by atoms with E-state index in [-0.39, 0.29) is 5.54 Å². The Kier molecular flexibility index (Phi) is 5.19. The van der Waals surface area contributed by atoms with Crippen LogP contribution < -0.4 is 5.32 Å². The largest absolute Gasteiger partial charge is 0.365 e. The van der Waals surface area contributed by atoms with E-state index in [0.29, 0.717) is 11.8 Å². The van der Waals surface area contributed by atoms with Gasteiger partial charge in [0.15, 0.2) is 0 Å². The van der Waals surface area contributed by atoms with Crippen LogP contribution in [0.5, 0.6) is 0 Å². The second kappa shape index (κ2) is 6.20. The zero-order valence-corrected chi connectivity index (χ0v) is 11.9. The van der Waals surface area contributed by atoms with Gasteiger partial charge < -0.3 is 5.32 Å². The molecule has 1 aromatic rings. The minimum Gasteiger partial charge on any atom is -0.365 e. The van der Waals surface area contributed by atoms with E-state index in [1.165, 1.54) is 0 Å². The Morgan fingerprint density at radius 2 is 2.12 bits per heavy atom. The molecule has 0 aromatic carbocycles. The van der Waals surface area contributed by atoms with Gasteiger partial charge in [0.2, 0.25) is 0 Å². The lowest BCUT2D eigenvalue weighted by molar-refractivity contribution is 0.479. The first kappa shape index (κ1) is 14.2. The number of nitrogens with one attached hydrogen (secondary N) is 1. The summed E-state index contributed by atoms with van der Waals surface area (Å²) < 4.78 is 0. The Bertz CT molecular complexity index is 354. The molecule has 1 unspecified atom stereocenters. The van der Waals surface area contributed by atoms with E-state index in [1.54, 1.807) is 6.33 Å². The summed E-state index contributed by atoms with van der Waals surface area (Å²) in [6.45, 7) is 8.59. The monoisotopic (exact) mass is 255 g/mol. The standard InChI is InChI=1S/C13H22ClN3/c1-5-13(4,6-7-14)17-12-8-11(10(2)3)15-9-16-12/h8-10H,5-7H2,1-4H3,(H,15,16,17). The molecule has 0 radical (unpaired) electrons. The number of hydrogen-bond acceptors (Lipinski definition) is 3. The van der Waals surface area contributed by atoms with Crippen molar-refractivity contribution < 1.29 is 0 Å². The van der Waals surface area contributed by atoms with Crippen molar-refractivity contribution in [1.82, 2.24) is 9.97 Å². The molecular formula is C13H22ClN3. The third kappa shape index (κ3) is 4.15. The third-order valence-corrected chi connectivity index (χ3v) is 3.33. The van der Waals surface area contributed by atoms with Gasteiger partial charge in [-0.05, 0) is 25.7 Å². The Labute approximate surface area is 109 Å². The van der Waals surface area contributed by atoms with E-state index < -0.39 is 0 Å². The van der Waals surface area contributed by atoms with Crippen molar-refractivity contribution in [2.24, 2.45) is 0 Å². The van der Waals surface area contributed by atoms with Gasteiger partial charge in [-0.2, -0.15) is 0 Å². The van der Waals surface area contributed by atoms with Crippen LogP contribution in [0.2, 0.25) is 0 Å². The molecule has 0 spiro atoms. The van der Waals surface area contributed by atoms with Crippen LogP contribution in [-0.2, 0) is 0 Å². The van der Waals surface area contributed by atoms with E-state index in [9.17, 15) is 0 Å². The maximum Gasteiger partial charge on any atom is 0.130 e. The topological polar surface area (TPSA) is 37.8 Å². The van der Waals surface area contributed by atoms with Gasteiger partial charge in [0.05, 0.1) is 0 Å². The lowest BCUT2D eigenvalue weighted by atomic mass is 9.95. The van der Waals surface area contributed by atoms with Gasteiger partial charge in [-0.1, -0.05) is 20.8 Å². The average molecular weight is 256 g/mol. The maximum absolute atomic E-state index is 5.84. The molecule has 1 atom stereocenters. The molecule has 0 bridgehead atoms. The summed E-state index contributed by atoms with van der Waals surface area (Å²) in [5, 5.41) is 3.47. The number of halogens is 1. The zero-order valence-electron chi connectivity index (χ0n) is 11.1. The molecule has 4 heteroatoms. The highest BCUT2D eigenvalue weighted by Gasteiger charge is 2.21. The minimum absolute atomic E-state index is 0.00432. The van der Waals surface area contributed by atoms with Crippen LogP contribution in [0.4, 0.5) is 5.82 Å². The van der Waals surface area contributed by atoms with Crippen LogP contribution in [0.25, 0.3) is 0 Å². The van der Waals surface area contributed by atoms with Crippen molar-refractivity contribution >= 4 is 17.4 Å². The Morgan fingerprint density at radius 3 is 2.65 bits per heavy atom. The van der Waals surface area contributed by atoms with Crippen LogP contribution >= 0.6 is 11.6 Å². The lowest BCUT2D eigenvalue weighted by Gasteiger charge is -2.29. The quantitative estimate of drug-likeness (QED) is 0.786. The summed E-state index contributed by atoms with van der Waals surface area (Å²) in [4.78, 5) is 8.54. The van der Waals surface area contributed by atoms with E-state index in [0.717, 1.165) is 24.4 Å². The van der Waals surface area contributed by atoms with E-state index in [2.05, 4.69) is 43.0 Å². The molecular weight excluding hydrogens is 234 g/mol. The molecule has 1 rings (SSSR count). The predicted octanol–water partition coefficient (Wildman–Crippen LogP) is 3.81. The summed E-state index contributed by atoms with van der Waals surface area (Å²) in [7, 11) is 0. The fraction of sp³-hybridized carbons (Fsp3) is 0.692. The van der Waals surface area contributed by atoms with Crippen LogP contribution in [0, 0.1) is 0 Å². The van der Waals surface area contributed by atoms with Crippen molar-refractivity contribution in [1.29, 1.82) is 0 Å². The number of anilines is 1. The number of hydrogen-bond donors (Lipinski definition) is 1. The second-order valence-electron chi connectivity index (χ2n) is 4.96. The summed E-state index contributed by atoms with van der Waals surface area (Å²) >= 11 is 5.84. The summed E-state index contributed by atoms with van der Waals surface area (Å²) in [6, 6.07) is 2.02. The molecule has 1 N–H and O–H groups in total. The highest BCUT2D eigenvalue weighted by atomic mass is 35.5. The fourth-order valence-electron chi connectivity index (χ4n) is 1.60. The number of alkyl halides is 1. The van der Waals surface area contributed by atoms with E-state index >= 15 is 0 Å². The average Bonchev–Trinajstić information content (AvgIpc) is 2.29. The van der Waals surface area contributed by atoms with Gasteiger partial charge in [0, 0.05) is 23.2 Å². The van der Waals surface area contributed by atoms with E-state index in [1.807, 2.05) is 6.07 Å². The molecule has 0 fully saturated rings. The third-order valence-electron chi connectivity index (χ3n) is 3.14. The van der Waals surface area contributed by atoms with Gasteiger partial charge in [0.1, 0.15) is 12.1 Å². The van der Waals surface area contributed by atoms with Crippen LogP contribution in [0.15, 0.2) is 12.4 Å². The summed E-state index contributed by atoms with van der Waals surface area (Å²) in [5.74, 6) is 1.96. The number of rotatable bonds is 6. The molecule has 0 amide bonds. The summed E-state index contributed by atoms with van der Waals surface area (Å²) in [5.41, 5.74) is 1.07. The molecule has 0 saturated heterocycles. The van der Waals surface area contributed by atoms with Crippen LogP contribution in [0.1, 0.15) is 52.1 Å². The highest BCUT2D eigenvalue weighted by Crippen LogP contribution is 2.22. The lowest BCUT2D eigenvalue weighted by Crippen LogP contribution is -2.34. The first-order valence-corrected chi connectivity index (χ1v) is 6.70. The highest BCUT2D eigenvalue weighted by molar-refractivity contribution is 6.17. The fourth-order valence-corrected chi connectivity index (χ4v) is 2.02. The van der Waals surface area contributed by atoms with Gasteiger partial charge in [-0.25, -0.2) is 9.97 Å². The van der Waals surface area contributed by atoms with Crippen molar-refractivity contribution in [3.05, 3.63) is 18.1 Å². The molecule has 0 saturated carbocycles. The number of nitrogens with zero attached hydrogens (tertiary/aromatic N) is 2. The Morgan fingerprint density at radius 1 is 1.41 bits per heavy atom. The van der Waals surface area contributed by atoms with Crippen molar-refractivity contribution in [3.8, 4) is 0 Å². The zero-order chi connectivity index (χ0) is 12.9. The minimum atomic E-state index is 0.00432. The van der Waals surface area contributed by atoms with Crippen molar-refractivity contribution in [2.75, 3.05) is 11.2 Å². The van der Waals surface area contributed by atoms with Gasteiger partial charge in [0.25, 0.3) is 0 Å². The molecule has 3 nitrogen and oxygen atoms in total. The number of aromatic nitrogens is 2. The SMILES string of the molecule is CCC(C)(CCCl)Nc1cc(C(C)C)ncn1. The normalized spacial score (nSPS) is 14.7. The van der Waals surface area contributed by atoms with Gasteiger partial charge in [-0.3, -0.25) is 0 Å². The predicted molar refractivity (Wildman–Crippen MR) is 73.8 cm³/mol. The Hall–Kier alpha value is -0.830. The van der Waals surface area contributed by atoms with Gasteiger partial charge >= 0.3 is 0 Å². The van der Waals surface area contributed by atoms with Gasteiger partial charge in [-0.15, -0.1) is 11.6 Å². The van der Waals surface area contributed by atoms with Crippen molar-refractivity contribution in [2.45, 2.75) is 52.0 Å². The molecule has 0 aliphatic heterocycles.